The van der Waals surface area contributed by atoms with E-state index in [1.54, 1.807) is 45.0 Å². The average Bonchev–Trinajstić information content (AvgIpc) is 3.69. The maximum Gasteiger partial charge on any atom is 0.415 e. The number of rotatable bonds is 11. The maximum absolute atomic E-state index is 14.5. The lowest BCUT2D eigenvalue weighted by Gasteiger charge is -2.33. The van der Waals surface area contributed by atoms with E-state index in [0.29, 0.717) is 30.8 Å². The Morgan fingerprint density at radius 2 is 1.40 bits per heavy atom. The average molecular weight is 685 g/mol. The van der Waals surface area contributed by atoms with Crippen LogP contribution < -0.4 is 20.4 Å². The first kappa shape index (κ1) is 35.9. The summed E-state index contributed by atoms with van der Waals surface area (Å²) in [6.07, 6.45) is 0.524. The van der Waals surface area contributed by atoms with Gasteiger partial charge in [-0.15, -0.1) is 0 Å². The molecule has 2 aliphatic rings. The summed E-state index contributed by atoms with van der Waals surface area (Å²) < 4.78 is 15.9. The minimum atomic E-state index is -0.979. The molecule has 0 aliphatic carbocycles. The molecule has 2 N–H and O–H groups in total. The number of carbonyl (C=O) groups is 5. The van der Waals surface area contributed by atoms with Crippen LogP contribution in [-0.4, -0.2) is 67.4 Å². The van der Waals surface area contributed by atoms with E-state index >= 15 is 0 Å². The second-order valence-corrected chi connectivity index (χ2v) is 13.3. The Morgan fingerprint density at radius 1 is 0.800 bits per heavy atom. The van der Waals surface area contributed by atoms with Crippen molar-refractivity contribution in [2.75, 3.05) is 23.5 Å². The van der Waals surface area contributed by atoms with E-state index in [0.717, 1.165) is 16.7 Å². The molecule has 0 bridgehead atoms. The molecule has 50 heavy (non-hydrogen) atoms. The summed E-state index contributed by atoms with van der Waals surface area (Å²) in [6, 6.07) is 21.0. The molecule has 0 saturated heterocycles. The number of fused-ring (bicyclic) bond motifs is 2. The molecular weight excluding hydrogens is 640 g/mol. The van der Waals surface area contributed by atoms with E-state index in [1.807, 2.05) is 54.6 Å². The maximum atomic E-state index is 14.5. The lowest BCUT2D eigenvalue weighted by atomic mass is 10.1. The van der Waals surface area contributed by atoms with Crippen molar-refractivity contribution >= 4 is 41.3 Å². The number of carbonyl (C=O) groups excluding carboxylic acids is 5. The Balaban J connectivity index is 1.25. The van der Waals surface area contributed by atoms with Gasteiger partial charge in [0.1, 0.15) is 30.3 Å². The SMILES string of the molecule is COC(=O)[C@H](CCCCNC(=O)OCc1ccccc1)NC(=O)[C@@H]1Cc2ccccc2N1C(=O)[C@H]1Cc2ccccc2N1C(=O)OC(C)(C)C. The van der Waals surface area contributed by atoms with E-state index in [4.69, 9.17) is 14.2 Å². The minimum absolute atomic E-state index is 0.153. The molecule has 0 aromatic heterocycles. The summed E-state index contributed by atoms with van der Waals surface area (Å²) >= 11 is 0. The molecule has 0 saturated carbocycles. The first-order valence-electron chi connectivity index (χ1n) is 16.8. The van der Waals surface area contributed by atoms with Crippen molar-refractivity contribution in [2.45, 2.75) is 83.2 Å². The van der Waals surface area contributed by atoms with Crippen molar-refractivity contribution in [3.05, 3.63) is 95.6 Å². The second kappa shape index (κ2) is 15.9. The lowest BCUT2D eigenvalue weighted by Crippen LogP contribution is -2.57. The van der Waals surface area contributed by atoms with Crippen molar-refractivity contribution in [1.82, 2.24) is 10.6 Å². The number of esters is 1. The molecule has 3 atom stereocenters. The zero-order valence-electron chi connectivity index (χ0n) is 28.8. The largest absolute Gasteiger partial charge is 0.467 e. The first-order chi connectivity index (χ1) is 24.0. The van der Waals surface area contributed by atoms with Gasteiger partial charge >= 0.3 is 18.2 Å². The molecular formula is C38H44N4O8. The lowest BCUT2D eigenvalue weighted by molar-refractivity contribution is -0.145. The van der Waals surface area contributed by atoms with Gasteiger partial charge in [-0.25, -0.2) is 14.4 Å². The number of nitrogens with zero attached hydrogens (tertiary/aromatic N) is 2. The molecule has 2 heterocycles. The van der Waals surface area contributed by atoms with Crippen molar-refractivity contribution in [1.29, 1.82) is 0 Å². The van der Waals surface area contributed by atoms with E-state index in [1.165, 1.54) is 16.9 Å². The smallest absolute Gasteiger partial charge is 0.415 e. The number of nitrogens with one attached hydrogen (secondary N) is 2. The van der Waals surface area contributed by atoms with Crippen LogP contribution in [-0.2, 0) is 48.0 Å². The van der Waals surface area contributed by atoms with E-state index in [-0.39, 0.29) is 25.9 Å². The van der Waals surface area contributed by atoms with Gasteiger partial charge in [0.25, 0.3) is 5.91 Å². The highest BCUT2D eigenvalue weighted by atomic mass is 16.6. The first-order valence-corrected chi connectivity index (χ1v) is 16.8. The van der Waals surface area contributed by atoms with Gasteiger partial charge < -0.3 is 24.8 Å². The predicted octanol–water partition coefficient (Wildman–Crippen LogP) is 5.07. The number of anilines is 2. The molecule has 4 amide bonds. The number of hydrogen-bond donors (Lipinski definition) is 2. The third kappa shape index (κ3) is 8.60. The fourth-order valence-corrected chi connectivity index (χ4v) is 6.25. The highest BCUT2D eigenvalue weighted by Gasteiger charge is 2.47. The summed E-state index contributed by atoms with van der Waals surface area (Å²) in [5.74, 6) is -1.58. The number of benzene rings is 3. The van der Waals surface area contributed by atoms with Crippen LogP contribution in [0.25, 0.3) is 0 Å². The number of para-hydroxylation sites is 2. The fraction of sp³-hybridized carbons (Fsp3) is 0.395. The molecule has 12 nitrogen and oxygen atoms in total. The molecule has 3 aromatic rings. The predicted molar refractivity (Wildman–Crippen MR) is 186 cm³/mol. The zero-order chi connectivity index (χ0) is 35.8. The normalized spacial score (nSPS) is 16.9. The summed E-state index contributed by atoms with van der Waals surface area (Å²) in [5.41, 5.74) is 2.83. The van der Waals surface area contributed by atoms with Gasteiger partial charge in [-0.1, -0.05) is 66.7 Å². The quantitative estimate of drug-likeness (QED) is 0.162. The van der Waals surface area contributed by atoms with Gasteiger partial charge in [-0.05, 0) is 68.9 Å². The summed E-state index contributed by atoms with van der Waals surface area (Å²) in [7, 11) is 1.25. The number of methoxy groups -OCH3 is 1. The van der Waals surface area contributed by atoms with Gasteiger partial charge in [-0.2, -0.15) is 0 Å². The Morgan fingerprint density at radius 3 is 2.04 bits per heavy atom. The molecule has 0 fully saturated rings. The van der Waals surface area contributed by atoms with Gasteiger partial charge in [0.05, 0.1) is 12.8 Å². The number of amides is 4. The Bertz CT molecular complexity index is 1710. The van der Waals surface area contributed by atoms with Crippen LogP contribution in [0.5, 0.6) is 0 Å². The number of alkyl carbamates (subject to hydrolysis) is 1. The van der Waals surface area contributed by atoms with Crippen molar-refractivity contribution in [3.63, 3.8) is 0 Å². The van der Waals surface area contributed by atoms with Crippen LogP contribution in [0.1, 0.15) is 56.7 Å². The van der Waals surface area contributed by atoms with E-state index < -0.39 is 53.7 Å². The number of ether oxygens (including phenoxy) is 3. The third-order valence-electron chi connectivity index (χ3n) is 8.57. The van der Waals surface area contributed by atoms with Crippen molar-refractivity contribution in [3.8, 4) is 0 Å². The second-order valence-electron chi connectivity index (χ2n) is 13.3. The molecule has 0 unspecified atom stereocenters. The molecule has 2 aliphatic heterocycles. The Labute approximate surface area is 292 Å². The van der Waals surface area contributed by atoms with Gasteiger partial charge in [0.2, 0.25) is 5.91 Å². The highest BCUT2D eigenvalue weighted by Crippen LogP contribution is 2.38. The van der Waals surface area contributed by atoms with Gasteiger partial charge in [0, 0.05) is 25.1 Å². The van der Waals surface area contributed by atoms with Crippen molar-refractivity contribution < 1.29 is 38.2 Å². The molecule has 0 spiro atoms. The van der Waals surface area contributed by atoms with Gasteiger partial charge in [0.15, 0.2) is 0 Å². The van der Waals surface area contributed by atoms with Crippen LogP contribution in [0.15, 0.2) is 78.9 Å². The molecule has 264 valence electrons. The van der Waals surface area contributed by atoms with E-state index in [9.17, 15) is 24.0 Å². The topological polar surface area (TPSA) is 144 Å². The summed E-state index contributed by atoms with van der Waals surface area (Å²) in [5, 5.41) is 5.51. The van der Waals surface area contributed by atoms with Crippen LogP contribution >= 0.6 is 0 Å². The molecule has 5 rings (SSSR count). The van der Waals surface area contributed by atoms with E-state index in [2.05, 4.69) is 10.6 Å². The monoisotopic (exact) mass is 684 g/mol. The molecule has 12 heteroatoms. The van der Waals surface area contributed by atoms with Crippen LogP contribution in [0.3, 0.4) is 0 Å². The standard InChI is InChI=1S/C38H44N4O8/c1-38(2,3)50-37(47)42-30-20-11-9-17-27(30)23-32(42)34(44)41-29-19-10-8-16-26(29)22-31(41)33(43)40-28(35(45)48-4)18-12-13-21-39-36(46)49-24-25-14-6-5-7-15-25/h5-11,14-17,19-20,28,31-32H,12-13,18,21-24H2,1-4H3,(H,39,46)(H,40,43)/t28-,31-,32+/m0/s1. The van der Waals surface area contributed by atoms with Gasteiger partial charge in [-0.3, -0.25) is 19.4 Å². The number of hydrogen-bond acceptors (Lipinski definition) is 8. The van der Waals surface area contributed by atoms with Crippen LogP contribution in [0, 0.1) is 0 Å². The fourth-order valence-electron chi connectivity index (χ4n) is 6.25. The molecule has 3 aromatic carbocycles. The highest BCUT2D eigenvalue weighted by molar-refractivity contribution is 6.11. The van der Waals surface area contributed by atoms with Crippen LogP contribution in [0.2, 0.25) is 0 Å². The Kier molecular flexibility index (Phi) is 11.4. The van der Waals surface area contributed by atoms with Crippen LogP contribution in [0.4, 0.5) is 21.0 Å². The third-order valence-corrected chi connectivity index (χ3v) is 8.57. The minimum Gasteiger partial charge on any atom is -0.467 e. The number of unbranched alkanes of at least 4 members (excludes halogenated alkanes) is 1. The summed E-state index contributed by atoms with van der Waals surface area (Å²) in [4.78, 5) is 69.7. The molecule has 0 radical (unpaired) electrons. The zero-order valence-corrected chi connectivity index (χ0v) is 28.8. The summed E-state index contributed by atoms with van der Waals surface area (Å²) in [6.45, 7) is 5.75. The van der Waals surface area contributed by atoms with Crippen molar-refractivity contribution in [2.24, 2.45) is 0 Å². The Hall–Kier alpha value is -5.39.